The topological polar surface area (TPSA) is 71.0 Å². The van der Waals surface area contributed by atoms with Crippen LogP contribution in [0.3, 0.4) is 0 Å². The molecule has 2 atom stereocenters. The Hall–Kier alpha value is -3.41. The summed E-state index contributed by atoms with van der Waals surface area (Å²) in [5, 5.41) is 0. The van der Waals surface area contributed by atoms with Gasteiger partial charge < -0.3 is 4.90 Å². The number of nitrogens with zero attached hydrogens (tertiary/aromatic N) is 3. The number of H-pyrrole nitrogens is 1. The first-order valence-corrected chi connectivity index (χ1v) is 11.7. The molecule has 196 valence electrons. The van der Waals surface area contributed by atoms with Crippen molar-refractivity contribution < 1.29 is 26.3 Å². The zero-order chi connectivity index (χ0) is 26.6. The maximum atomic E-state index is 13.0. The van der Waals surface area contributed by atoms with Gasteiger partial charge in [0.25, 0.3) is 5.56 Å². The summed E-state index contributed by atoms with van der Waals surface area (Å²) >= 11 is 0. The van der Waals surface area contributed by atoms with Gasteiger partial charge in [0.1, 0.15) is 5.69 Å². The summed E-state index contributed by atoms with van der Waals surface area (Å²) in [5.41, 5.74) is -2.92. The first kappa shape index (κ1) is 25.2. The van der Waals surface area contributed by atoms with E-state index in [-0.39, 0.29) is 23.2 Å². The van der Waals surface area contributed by atoms with Crippen molar-refractivity contribution in [2.75, 3.05) is 19.6 Å². The molecular formula is C25H22F6N4O2. The van der Waals surface area contributed by atoms with Crippen molar-refractivity contribution in [1.82, 2.24) is 19.4 Å². The average Bonchev–Trinajstić information content (AvgIpc) is 3.40. The van der Waals surface area contributed by atoms with E-state index in [1.54, 1.807) is 12.1 Å². The SMILES string of the molecule is O=c1[nH]c(=O)n(CCCN2CC3C[C@]3(c3ccc(C(F)(F)F)cc3)C2)cc1-c1cccc(C(F)(F)F)n1. The van der Waals surface area contributed by atoms with Crippen LogP contribution in [0.15, 0.2) is 58.3 Å². The number of aromatic amines is 1. The van der Waals surface area contributed by atoms with Crippen LogP contribution in [-0.2, 0) is 24.3 Å². The van der Waals surface area contributed by atoms with Crippen LogP contribution in [0.2, 0.25) is 0 Å². The van der Waals surface area contributed by atoms with E-state index in [1.165, 1.54) is 16.8 Å². The number of likely N-dealkylation sites (tertiary alicyclic amines) is 1. The molecule has 1 aliphatic heterocycles. The van der Waals surface area contributed by atoms with Crippen molar-refractivity contribution in [3.63, 3.8) is 0 Å². The number of rotatable bonds is 6. The molecule has 12 heteroatoms. The summed E-state index contributed by atoms with van der Waals surface area (Å²) in [7, 11) is 0. The van der Waals surface area contributed by atoms with Crippen LogP contribution in [-0.4, -0.2) is 39.1 Å². The van der Waals surface area contributed by atoms with Gasteiger partial charge in [-0.25, -0.2) is 9.78 Å². The van der Waals surface area contributed by atoms with E-state index in [0.29, 0.717) is 25.4 Å². The van der Waals surface area contributed by atoms with E-state index in [0.717, 1.165) is 42.8 Å². The van der Waals surface area contributed by atoms with Crippen molar-refractivity contribution in [2.24, 2.45) is 5.92 Å². The van der Waals surface area contributed by atoms with Gasteiger partial charge in [-0.1, -0.05) is 18.2 Å². The van der Waals surface area contributed by atoms with Crippen molar-refractivity contribution in [1.29, 1.82) is 0 Å². The van der Waals surface area contributed by atoms with E-state index in [1.807, 2.05) is 0 Å². The third-order valence-electron chi connectivity index (χ3n) is 7.20. The Labute approximate surface area is 206 Å². The minimum absolute atomic E-state index is 0.144. The van der Waals surface area contributed by atoms with E-state index in [9.17, 15) is 35.9 Å². The molecule has 3 heterocycles. The molecule has 1 aromatic carbocycles. The van der Waals surface area contributed by atoms with Gasteiger partial charge in [0, 0.05) is 31.2 Å². The van der Waals surface area contributed by atoms with Crippen molar-refractivity contribution >= 4 is 0 Å². The summed E-state index contributed by atoms with van der Waals surface area (Å²) in [6, 6.07) is 8.54. The summed E-state index contributed by atoms with van der Waals surface area (Å²) in [6.07, 6.45) is -6.39. The van der Waals surface area contributed by atoms with Crippen LogP contribution >= 0.6 is 0 Å². The fraction of sp³-hybridized carbons (Fsp3) is 0.400. The van der Waals surface area contributed by atoms with Crippen molar-refractivity contribution in [3.8, 4) is 11.3 Å². The molecule has 2 aliphatic rings. The number of hydrogen-bond donors (Lipinski definition) is 1. The Kier molecular flexibility index (Phi) is 6.05. The molecule has 1 saturated carbocycles. The molecule has 1 N–H and O–H groups in total. The summed E-state index contributed by atoms with van der Waals surface area (Å²) in [6.45, 7) is 2.32. The van der Waals surface area contributed by atoms with Crippen LogP contribution < -0.4 is 11.2 Å². The molecule has 37 heavy (non-hydrogen) atoms. The second-order valence-electron chi connectivity index (χ2n) is 9.62. The van der Waals surface area contributed by atoms with E-state index >= 15 is 0 Å². The Morgan fingerprint density at radius 1 is 0.973 bits per heavy atom. The normalized spacial score (nSPS) is 21.7. The molecular weight excluding hydrogens is 502 g/mol. The second kappa shape index (κ2) is 8.86. The highest BCUT2D eigenvalue weighted by atomic mass is 19.4. The molecule has 3 aromatic rings. The van der Waals surface area contributed by atoms with Gasteiger partial charge in [0.05, 0.1) is 16.8 Å². The fourth-order valence-corrected chi connectivity index (χ4v) is 5.26. The molecule has 0 bridgehead atoms. The zero-order valence-corrected chi connectivity index (χ0v) is 19.4. The van der Waals surface area contributed by atoms with Crippen molar-refractivity contribution in [3.05, 3.63) is 86.3 Å². The second-order valence-corrected chi connectivity index (χ2v) is 9.62. The number of benzene rings is 1. The summed E-state index contributed by atoms with van der Waals surface area (Å²) in [4.78, 5) is 32.4. The Morgan fingerprint density at radius 2 is 1.70 bits per heavy atom. The lowest BCUT2D eigenvalue weighted by Gasteiger charge is -2.21. The summed E-state index contributed by atoms with van der Waals surface area (Å²) < 4.78 is 78.9. The first-order chi connectivity index (χ1) is 17.4. The largest absolute Gasteiger partial charge is 0.433 e. The lowest BCUT2D eigenvalue weighted by molar-refractivity contribution is -0.141. The third-order valence-corrected chi connectivity index (χ3v) is 7.20. The smallest absolute Gasteiger partial charge is 0.302 e. The predicted octanol–water partition coefficient (Wildman–Crippen LogP) is 4.30. The minimum atomic E-state index is -4.68. The number of nitrogens with one attached hydrogen (secondary N) is 1. The van der Waals surface area contributed by atoms with Crippen molar-refractivity contribution in [2.45, 2.75) is 37.2 Å². The predicted molar refractivity (Wildman–Crippen MR) is 122 cm³/mol. The Balaban J connectivity index is 1.24. The Bertz CT molecular complexity index is 1430. The molecule has 5 rings (SSSR count). The van der Waals surface area contributed by atoms with Gasteiger partial charge in [-0.3, -0.25) is 14.3 Å². The fourth-order valence-electron chi connectivity index (χ4n) is 5.26. The van der Waals surface area contributed by atoms with Crippen LogP contribution in [0.4, 0.5) is 26.3 Å². The van der Waals surface area contributed by atoms with E-state index in [4.69, 9.17) is 0 Å². The number of fused-ring (bicyclic) bond motifs is 1. The maximum Gasteiger partial charge on any atom is 0.433 e. The average molecular weight is 524 g/mol. The number of alkyl halides is 6. The number of pyridine rings is 1. The van der Waals surface area contributed by atoms with Gasteiger partial charge in [-0.15, -0.1) is 0 Å². The minimum Gasteiger partial charge on any atom is -0.302 e. The molecule has 1 saturated heterocycles. The number of halogens is 6. The quantitative estimate of drug-likeness (QED) is 0.489. The molecule has 1 unspecified atom stereocenters. The van der Waals surface area contributed by atoms with Crippen LogP contribution in [0.25, 0.3) is 11.3 Å². The molecule has 0 amide bonds. The van der Waals surface area contributed by atoms with Gasteiger partial charge >= 0.3 is 18.0 Å². The molecule has 1 aliphatic carbocycles. The van der Waals surface area contributed by atoms with Crippen LogP contribution in [0, 0.1) is 5.92 Å². The first-order valence-electron chi connectivity index (χ1n) is 11.7. The zero-order valence-electron chi connectivity index (χ0n) is 19.4. The molecule has 6 nitrogen and oxygen atoms in total. The monoisotopic (exact) mass is 524 g/mol. The molecule has 0 spiro atoms. The number of aryl methyl sites for hydroxylation is 1. The number of piperidine rings is 1. The molecule has 2 fully saturated rings. The standard InChI is InChI=1S/C25H22F6N4O2/c26-24(27,28)16-7-5-15(6-8-16)23-11-17(23)12-34(14-23)9-2-10-35-13-18(21(36)33-22(35)37)19-3-1-4-20(32-19)25(29,30)31/h1,3-8,13,17H,2,9-12,14H2,(H,33,36,37)/t17?,23-/m1/s1. The highest BCUT2D eigenvalue weighted by Crippen LogP contribution is 2.59. The van der Waals surface area contributed by atoms with E-state index in [2.05, 4.69) is 14.9 Å². The van der Waals surface area contributed by atoms with Gasteiger partial charge in [-0.2, -0.15) is 26.3 Å². The van der Waals surface area contributed by atoms with E-state index < -0.39 is 34.9 Å². The van der Waals surface area contributed by atoms with Crippen LogP contribution in [0.1, 0.15) is 29.7 Å². The Morgan fingerprint density at radius 3 is 2.38 bits per heavy atom. The van der Waals surface area contributed by atoms with Gasteiger partial charge in [-0.05, 0) is 55.1 Å². The highest BCUT2D eigenvalue weighted by molar-refractivity contribution is 5.56. The maximum absolute atomic E-state index is 13.0. The summed E-state index contributed by atoms with van der Waals surface area (Å²) in [5.74, 6) is 0.360. The number of aromatic nitrogens is 3. The van der Waals surface area contributed by atoms with Gasteiger partial charge in [0.2, 0.25) is 0 Å². The lowest BCUT2D eigenvalue weighted by Crippen LogP contribution is -2.32. The molecule has 2 aromatic heterocycles. The molecule has 0 radical (unpaired) electrons. The third kappa shape index (κ3) is 4.94. The highest BCUT2D eigenvalue weighted by Gasteiger charge is 2.60. The van der Waals surface area contributed by atoms with Crippen LogP contribution in [0.5, 0.6) is 0 Å². The number of hydrogen-bond acceptors (Lipinski definition) is 4. The van der Waals surface area contributed by atoms with Gasteiger partial charge in [0.15, 0.2) is 0 Å². The lowest BCUT2D eigenvalue weighted by atomic mass is 9.94.